The zero-order valence-corrected chi connectivity index (χ0v) is 9.33. The first-order valence-electron chi connectivity index (χ1n) is 4.33. The van der Waals surface area contributed by atoms with Crippen molar-refractivity contribution in [2.45, 2.75) is 6.92 Å². The molecular formula is C10H13NS2. The van der Waals surface area contributed by atoms with Crippen LogP contribution in [0.15, 0.2) is 24.3 Å². The SMILES string of the molecule is Cc1cccc(N2CSCSC2)c1. The van der Waals surface area contributed by atoms with Crippen LogP contribution in [0.1, 0.15) is 5.56 Å². The molecule has 0 N–H and O–H groups in total. The Hall–Kier alpha value is -0.280. The highest BCUT2D eigenvalue weighted by Gasteiger charge is 2.10. The van der Waals surface area contributed by atoms with Crippen molar-refractivity contribution in [2.75, 3.05) is 21.7 Å². The summed E-state index contributed by atoms with van der Waals surface area (Å²) < 4.78 is 0. The normalized spacial score (nSPS) is 17.5. The van der Waals surface area contributed by atoms with Gasteiger partial charge in [0.15, 0.2) is 0 Å². The lowest BCUT2D eigenvalue weighted by Gasteiger charge is -2.27. The molecule has 70 valence electrons. The lowest BCUT2D eigenvalue weighted by Crippen LogP contribution is -2.25. The topological polar surface area (TPSA) is 3.24 Å². The summed E-state index contributed by atoms with van der Waals surface area (Å²) in [5.74, 6) is 2.27. The molecule has 13 heavy (non-hydrogen) atoms. The third kappa shape index (κ3) is 2.35. The number of benzene rings is 1. The molecule has 0 spiro atoms. The van der Waals surface area contributed by atoms with Crippen molar-refractivity contribution >= 4 is 29.2 Å². The largest absolute Gasteiger partial charge is 0.353 e. The van der Waals surface area contributed by atoms with E-state index >= 15 is 0 Å². The van der Waals surface area contributed by atoms with Crippen molar-refractivity contribution < 1.29 is 0 Å². The second-order valence-corrected chi connectivity index (χ2v) is 5.44. The summed E-state index contributed by atoms with van der Waals surface area (Å²) in [7, 11) is 0. The summed E-state index contributed by atoms with van der Waals surface area (Å²) >= 11 is 3.99. The van der Waals surface area contributed by atoms with E-state index in [0.717, 1.165) is 11.8 Å². The van der Waals surface area contributed by atoms with Gasteiger partial charge in [0.2, 0.25) is 0 Å². The van der Waals surface area contributed by atoms with Crippen LogP contribution >= 0.6 is 23.5 Å². The zero-order valence-electron chi connectivity index (χ0n) is 7.69. The van der Waals surface area contributed by atoms with Crippen LogP contribution in [0.2, 0.25) is 0 Å². The van der Waals surface area contributed by atoms with E-state index in [0.29, 0.717) is 0 Å². The van der Waals surface area contributed by atoms with Crippen LogP contribution in [0, 0.1) is 6.92 Å². The smallest absolute Gasteiger partial charge is 0.0656 e. The van der Waals surface area contributed by atoms with Gasteiger partial charge in [0.05, 0.1) is 11.8 Å². The van der Waals surface area contributed by atoms with Crippen LogP contribution in [0.3, 0.4) is 0 Å². The fourth-order valence-electron chi connectivity index (χ4n) is 1.36. The summed E-state index contributed by atoms with van der Waals surface area (Å²) in [4.78, 5) is 2.42. The van der Waals surface area contributed by atoms with Gasteiger partial charge in [-0.25, -0.2) is 0 Å². The predicted octanol–water partition coefficient (Wildman–Crippen LogP) is 3.15. The van der Waals surface area contributed by atoms with Crippen LogP contribution in [0.4, 0.5) is 5.69 Å². The lowest BCUT2D eigenvalue weighted by molar-refractivity contribution is 1.06. The lowest BCUT2D eigenvalue weighted by atomic mass is 10.2. The number of thioether (sulfide) groups is 2. The highest BCUT2D eigenvalue weighted by atomic mass is 32.2. The average Bonchev–Trinajstić information content (AvgIpc) is 2.19. The van der Waals surface area contributed by atoms with Gasteiger partial charge in [-0.3, -0.25) is 0 Å². The maximum Gasteiger partial charge on any atom is 0.0656 e. The third-order valence-corrected chi connectivity index (χ3v) is 4.35. The number of rotatable bonds is 1. The molecule has 1 nitrogen and oxygen atoms in total. The van der Waals surface area contributed by atoms with E-state index in [2.05, 4.69) is 36.1 Å². The molecule has 3 heteroatoms. The molecular weight excluding hydrogens is 198 g/mol. The maximum absolute atomic E-state index is 2.42. The van der Waals surface area contributed by atoms with Crippen LogP contribution in [-0.4, -0.2) is 16.8 Å². The van der Waals surface area contributed by atoms with E-state index < -0.39 is 0 Å². The fourth-order valence-corrected chi connectivity index (χ4v) is 3.47. The van der Waals surface area contributed by atoms with E-state index in [1.807, 2.05) is 23.5 Å². The minimum absolute atomic E-state index is 1.14. The molecule has 0 radical (unpaired) electrons. The second-order valence-electron chi connectivity index (χ2n) is 3.16. The van der Waals surface area contributed by atoms with Crippen LogP contribution in [0.25, 0.3) is 0 Å². The zero-order chi connectivity index (χ0) is 9.10. The summed E-state index contributed by atoms with van der Waals surface area (Å²) in [6, 6.07) is 8.73. The molecule has 0 amide bonds. The molecule has 0 aromatic heterocycles. The summed E-state index contributed by atoms with van der Waals surface area (Å²) in [5.41, 5.74) is 2.71. The second kappa shape index (κ2) is 4.29. The van der Waals surface area contributed by atoms with Gasteiger partial charge in [0.1, 0.15) is 0 Å². The molecule has 1 heterocycles. The first kappa shape index (κ1) is 9.28. The molecule has 0 bridgehead atoms. The highest BCUT2D eigenvalue weighted by molar-refractivity contribution is 8.16. The minimum atomic E-state index is 1.14. The standard InChI is InChI=1S/C10H13NS2/c1-9-3-2-4-10(5-9)11-6-12-8-13-7-11/h2-5H,6-8H2,1H3. The molecule has 1 saturated heterocycles. The first-order chi connectivity index (χ1) is 6.36. The van der Waals surface area contributed by atoms with E-state index in [4.69, 9.17) is 0 Å². The molecule has 1 aliphatic heterocycles. The van der Waals surface area contributed by atoms with Crippen molar-refractivity contribution in [1.82, 2.24) is 0 Å². The van der Waals surface area contributed by atoms with E-state index in [-0.39, 0.29) is 0 Å². The molecule has 0 atom stereocenters. The van der Waals surface area contributed by atoms with E-state index in [1.165, 1.54) is 16.3 Å². The molecule has 0 saturated carbocycles. The highest BCUT2D eigenvalue weighted by Crippen LogP contribution is 2.27. The number of anilines is 1. The van der Waals surface area contributed by atoms with E-state index in [9.17, 15) is 0 Å². The Kier molecular flexibility index (Phi) is 3.06. The van der Waals surface area contributed by atoms with Crippen molar-refractivity contribution in [1.29, 1.82) is 0 Å². The maximum atomic E-state index is 2.42. The van der Waals surface area contributed by atoms with Crippen LogP contribution in [-0.2, 0) is 0 Å². The van der Waals surface area contributed by atoms with Crippen molar-refractivity contribution in [2.24, 2.45) is 0 Å². The molecule has 1 fully saturated rings. The van der Waals surface area contributed by atoms with Crippen LogP contribution in [0.5, 0.6) is 0 Å². The predicted molar refractivity (Wildman–Crippen MR) is 63.4 cm³/mol. The van der Waals surface area contributed by atoms with Gasteiger partial charge in [-0.2, -0.15) is 0 Å². The fraction of sp³-hybridized carbons (Fsp3) is 0.400. The number of aryl methyl sites for hydroxylation is 1. The first-order valence-corrected chi connectivity index (χ1v) is 6.64. The van der Waals surface area contributed by atoms with Gasteiger partial charge in [-0.15, -0.1) is 23.5 Å². The molecule has 1 aromatic rings. The molecule has 0 unspecified atom stereocenters. The Morgan fingerprint density at radius 1 is 1.23 bits per heavy atom. The Morgan fingerprint density at radius 2 is 2.00 bits per heavy atom. The van der Waals surface area contributed by atoms with Crippen LogP contribution < -0.4 is 4.90 Å². The molecule has 1 aromatic carbocycles. The minimum Gasteiger partial charge on any atom is -0.353 e. The Morgan fingerprint density at radius 3 is 2.69 bits per heavy atom. The average molecular weight is 211 g/mol. The summed E-state index contributed by atoms with van der Waals surface area (Å²) in [5, 5.41) is 1.24. The Bertz CT molecular complexity index is 282. The number of hydrogen-bond acceptors (Lipinski definition) is 3. The summed E-state index contributed by atoms with van der Waals surface area (Å²) in [6.45, 7) is 2.15. The van der Waals surface area contributed by atoms with E-state index in [1.54, 1.807) is 0 Å². The van der Waals surface area contributed by atoms with Crippen molar-refractivity contribution in [3.63, 3.8) is 0 Å². The number of hydrogen-bond donors (Lipinski definition) is 0. The van der Waals surface area contributed by atoms with Crippen molar-refractivity contribution in [3.8, 4) is 0 Å². The molecule has 1 aliphatic rings. The van der Waals surface area contributed by atoms with Gasteiger partial charge in [0, 0.05) is 10.8 Å². The van der Waals surface area contributed by atoms with Gasteiger partial charge < -0.3 is 4.90 Å². The van der Waals surface area contributed by atoms with Gasteiger partial charge in [-0.05, 0) is 24.6 Å². The van der Waals surface area contributed by atoms with Gasteiger partial charge >= 0.3 is 0 Å². The Balaban J connectivity index is 2.14. The monoisotopic (exact) mass is 211 g/mol. The number of nitrogens with zero attached hydrogens (tertiary/aromatic N) is 1. The quantitative estimate of drug-likeness (QED) is 0.702. The third-order valence-electron chi connectivity index (χ3n) is 2.03. The molecule has 0 aliphatic carbocycles. The van der Waals surface area contributed by atoms with Gasteiger partial charge in [-0.1, -0.05) is 12.1 Å². The van der Waals surface area contributed by atoms with Gasteiger partial charge in [0.25, 0.3) is 0 Å². The summed E-state index contributed by atoms with van der Waals surface area (Å²) in [6.07, 6.45) is 0. The molecule has 2 rings (SSSR count). The van der Waals surface area contributed by atoms with Crippen molar-refractivity contribution in [3.05, 3.63) is 29.8 Å². The Labute approximate surface area is 87.9 Å².